The molecule has 1 unspecified atom stereocenters. The van der Waals surface area contributed by atoms with Gasteiger partial charge >= 0.3 is 0 Å². The minimum absolute atomic E-state index is 0.106. The van der Waals surface area contributed by atoms with Crippen molar-refractivity contribution in [1.29, 1.82) is 0 Å². The summed E-state index contributed by atoms with van der Waals surface area (Å²) < 4.78 is 15.2. The number of nitrogens with zero attached hydrogens (tertiary/aromatic N) is 3. The first kappa shape index (κ1) is 21.7. The Hall–Kier alpha value is -3.51. The van der Waals surface area contributed by atoms with Crippen molar-refractivity contribution in [3.63, 3.8) is 0 Å². The van der Waals surface area contributed by atoms with Crippen LogP contribution in [0, 0.1) is 12.7 Å². The van der Waals surface area contributed by atoms with Gasteiger partial charge < -0.3 is 4.90 Å². The van der Waals surface area contributed by atoms with Crippen LogP contribution in [0.5, 0.6) is 0 Å². The van der Waals surface area contributed by atoms with Crippen LogP contribution in [0.25, 0.3) is 16.6 Å². The third-order valence-electron chi connectivity index (χ3n) is 5.61. The highest BCUT2D eigenvalue weighted by Crippen LogP contribution is 2.25. The summed E-state index contributed by atoms with van der Waals surface area (Å²) in [5.41, 5.74) is 1.99. The van der Waals surface area contributed by atoms with Crippen molar-refractivity contribution in [3.05, 3.63) is 105 Å². The molecule has 1 aromatic heterocycles. The number of rotatable bonds is 4. The standard InChI is InChI=1S/C25H21ClFN3O2/c1-15-8-4-5-9-18(15)24(31)29(3)16(2)23-28-22-11-7-6-10-19(22)25(32)30(23)17-12-13-21(27)20(26)14-17/h4-14,16H,1-3H3. The summed E-state index contributed by atoms with van der Waals surface area (Å²) in [4.78, 5) is 32.9. The molecule has 1 atom stereocenters. The number of carbonyl (C=O) groups is 1. The van der Waals surface area contributed by atoms with E-state index >= 15 is 0 Å². The van der Waals surface area contributed by atoms with Gasteiger partial charge in [0.15, 0.2) is 0 Å². The SMILES string of the molecule is Cc1ccccc1C(=O)N(C)C(C)c1nc2ccccc2c(=O)n1-c1ccc(F)c(Cl)c1. The van der Waals surface area contributed by atoms with Crippen molar-refractivity contribution in [2.75, 3.05) is 7.05 Å². The second kappa shape index (κ2) is 8.55. The van der Waals surface area contributed by atoms with Gasteiger partial charge in [-0.05, 0) is 55.8 Å². The Morgan fingerprint density at radius 3 is 2.50 bits per heavy atom. The van der Waals surface area contributed by atoms with E-state index in [0.717, 1.165) is 5.56 Å². The van der Waals surface area contributed by atoms with Gasteiger partial charge in [0.2, 0.25) is 0 Å². The Labute approximate surface area is 189 Å². The predicted molar refractivity (Wildman–Crippen MR) is 124 cm³/mol. The van der Waals surface area contributed by atoms with E-state index in [2.05, 4.69) is 0 Å². The van der Waals surface area contributed by atoms with Gasteiger partial charge in [0, 0.05) is 12.6 Å². The van der Waals surface area contributed by atoms with E-state index in [4.69, 9.17) is 16.6 Å². The quantitative estimate of drug-likeness (QED) is 0.423. The van der Waals surface area contributed by atoms with Crippen LogP contribution in [0.4, 0.5) is 4.39 Å². The van der Waals surface area contributed by atoms with E-state index in [1.807, 2.05) is 25.1 Å². The van der Waals surface area contributed by atoms with Gasteiger partial charge in [-0.25, -0.2) is 9.37 Å². The Balaban J connectivity index is 1.90. The second-order valence-electron chi connectivity index (χ2n) is 7.63. The molecule has 0 saturated heterocycles. The Kier molecular flexibility index (Phi) is 5.80. The molecular weight excluding hydrogens is 429 g/mol. The number of amides is 1. The lowest BCUT2D eigenvalue weighted by atomic mass is 10.1. The largest absolute Gasteiger partial charge is 0.332 e. The minimum Gasteiger partial charge on any atom is -0.332 e. The summed E-state index contributed by atoms with van der Waals surface area (Å²) in [5.74, 6) is -0.429. The number of halogens is 2. The zero-order chi connectivity index (χ0) is 23.0. The molecular formula is C25H21ClFN3O2. The molecule has 1 amide bonds. The molecule has 0 aliphatic heterocycles. The van der Waals surface area contributed by atoms with Crippen LogP contribution in [-0.4, -0.2) is 27.4 Å². The van der Waals surface area contributed by atoms with E-state index in [0.29, 0.717) is 28.0 Å². The molecule has 4 rings (SSSR count). The summed E-state index contributed by atoms with van der Waals surface area (Å²) in [7, 11) is 1.67. The highest BCUT2D eigenvalue weighted by molar-refractivity contribution is 6.30. The van der Waals surface area contributed by atoms with E-state index in [-0.39, 0.29) is 16.5 Å². The molecule has 7 heteroatoms. The molecule has 0 fully saturated rings. The topological polar surface area (TPSA) is 55.2 Å². The first-order chi connectivity index (χ1) is 15.3. The van der Waals surface area contributed by atoms with Crippen LogP contribution in [0.3, 0.4) is 0 Å². The highest BCUT2D eigenvalue weighted by Gasteiger charge is 2.25. The molecule has 32 heavy (non-hydrogen) atoms. The number of benzene rings is 3. The first-order valence-corrected chi connectivity index (χ1v) is 10.5. The third-order valence-corrected chi connectivity index (χ3v) is 5.90. The minimum atomic E-state index is -0.585. The average molecular weight is 450 g/mol. The second-order valence-corrected chi connectivity index (χ2v) is 8.04. The van der Waals surface area contributed by atoms with Crippen molar-refractivity contribution in [2.24, 2.45) is 0 Å². The molecule has 0 N–H and O–H groups in total. The first-order valence-electron chi connectivity index (χ1n) is 10.1. The van der Waals surface area contributed by atoms with E-state index in [1.165, 1.54) is 22.8 Å². The summed E-state index contributed by atoms with van der Waals surface area (Å²) in [5, 5.41) is 0.308. The molecule has 0 aliphatic carbocycles. The van der Waals surface area contributed by atoms with Crippen LogP contribution >= 0.6 is 11.6 Å². The smallest absolute Gasteiger partial charge is 0.266 e. The number of hydrogen-bond donors (Lipinski definition) is 0. The molecule has 162 valence electrons. The zero-order valence-electron chi connectivity index (χ0n) is 17.8. The monoisotopic (exact) mass is 449 g/mol. The number of hydrogen-bond acceptors (Lipinski definition) is 3. The normalized spacial score (nSPS) is 12.0. The van der Waals surface area contributed by atoms with E-state index < -0.39 is 11.9 Å². The van der Waals surface area contributed by atoms with Crippen molar-refractivity contribution in [3.8, 4) is 5.69 Å². The number of aryl methyl sites for hydroxylation is 1. The summed E-state index contributed by atoms with van der Waals surface area (Å²) in [6, 6.07) is 17.8. The molecule has 0 radical (unpaired) electrons. The maximum atomic E-state index is 13.8. The number of carbonyl (C=O) groups excluding carboxylic acids is 1. The van der Waals surface area contributed by atoms with Crippen molar-refractivity contribution in [1.82, 2.24) is 14.5 Å². The number of aromatic nitrogens is 2. The predicted octanol–water partition coefficient (Wildman–Crippen LogP) is 5.32. The van der Waals surface area contributed by atoms with Crippen molar-refractivity contribution < 1.29 is 9.18 Å². The summed E-state index contributed by atoms with van der Waals surface area (Å²) in [6.07, 6.45) is 0. The molecule has 0 bridgehead atoms. The maximum Gasteiger partial charge on any atom is 0.266 e. The van der Waals surface area contributed by atoms with Gasteiger partial charge in [0.25, 0.3) is 11.5 Å². The molecule has 4 aromatic rings. The number of fused-ring (bicyclic) bond motifs is 1. The molecule has 3 aromatic carbocycles. The van der Waals surface area contributed by atoms with Crippen molar-refractivity contribution in [2.45, 2.75) is 19.9 Å². The van der Waals surface area contributed by atoms with Gasteiger partial charge in [-0.1, -0.05) is 41.9 Å². The van der Waals surface area contributed by atoms with Gasteiger partial charge in [-0.3, -0.25) is 14.2 Å². The van der Waals surface area contributed by atoms with Gasteiger partial charge in [0.05, 0.1) is 27.7 Å². The fourth-order valence-corrected chi connectivity index (χ4v) is 3.83. The Morgan fingerprint density at radius 1 is 1.09 bits per heavy atom. The molecule has 0 saturated carbocycles. The van der Waals surface area contributed by atoms with E-state index in [9.17, 15) is 14.0 Å². The van der Waals surface area contributed by atoms with Crippen LogP contribution in [0.1, 0.15) is 34.7 Å². The highest BCUT2D eigenvalue weighted by atomic mass is 35.5. The van der Waals surface area contributed by atoms with Gasteiger partial charge in [-0.15, -0.1) is 0 Å². The van der Waals surface area contributed by atoms with Gasteiger partial charge in [-0.2, -0.15) is 0 Å². The lowest BCUT2D eigenvalue weighted by molar-refractivity contribution is 0.0734. The lowest BCUT2D eigenvalue weighted by Crippen LogP contribution is -2.35. The maximum absolute atomic E-state index is 13.8. The van der Waals surface area contributed by atoms with Crippen LogP contribution < -0.4 is 5.56 Å². The molecule has 1 heterocycles. The van der Waals surface area contributed by atoms with Crippen LogP contribution in [0.2, 0.25) is 5.02 Å². The average Bonchev–Trinajstić information content (AvgIpc) is 2.80. The Morgan fingerprint density at radius 2 is 1.78 bits per heavy atom. The molecule has 5 nitrogen and oxygen atoms in total. The van der Waals surface area contributed by atoms with Crippen LogP contribution in [-0.2, 0) is 0 Å². The fourth-order valence-electron chi connectivity index (χ4n) is 3.66. The zero-order valence-corrected chi connectivity index (χ0v) is 18.6. The summed E-state index contributed by atoms with van der Waals surface area (Å²) in [6.45, 7) is 3.67. The van der Waals surface area contributed by atoms with E-state index in [1.54, 1.807) is 49.2 Å². The van der Waals surface area contributed by atoms with Crippen LogP contribution in [0.15, 0.2) is 71.5 Å². The molecule has 0 aliphatic rings. The Bertz CT molecular complexity index is 1400. The lowest BCUT2D eigenvalue weighted by Gasteiger charge is -2.27. The summed E-state index contributed by atoms with van der Waals surface area (Å²) >= 11 is 6.00. The third kappa shape index (κ3) is 3.78. The van der Waals surface area contributed by atoms with Gasteiger partial charge in [0.1, 0.15) is 11.6 Å². The number of para-hydroxylation sites is 1. The fraction of sp³-hybridized carbons (Fsp3) is 0.160. The molecule has 0 spiro atoms. The van der Waals surface area contributed by atoms with Crippen molar-refractivity contribution >= 4 is 28.4 Å².